The maximum Gasteiger partial charge on any atom is 0.273 e. The summed E-state index contributed by atoms with van der Waals surface area (Å²) in [6, 6.07) is 22.7. The van der Waals surface area contributed by atoms with Crippen molar-refractivity contribution < 1.29 is 18.7 Å². The van der Waals surface area contributed by atoms with Gasteiger partial charge in [-0.1, -0.05) is 30.3 Å². The maximum absolute atomic E-state index is 13.8. The van der Waals surface area contributed by atoms with Crippen LogP contribution in [0.15, 0.2) is 96.4 Å². The van der Waals surface area contributed by atoms with E-state index in [-0.39, 0.29) is 18.3 Å². The van der Waals surface area contributed by atoms with Crippen molar-refractivity contribution >= 4 is 12.1 Å². The Labute approximate surface area is 190 Å². The van der Waals surface area contributed by atoms with E-state index in [0.717, 1.165) is 5.69 Å². The van der Waals surface area contributed by atoms with Gasteiger partial charge in [0.1, 0.15) is 12.4 Å². The number of nitrogens with one attached hydrogen (secondary N) is 1. The summed E-state index contributed by atoms with van der Waals surface area (Å²) >= 11 is 0. The molecular formula is C26H22FN3O3. The molecule has 4 aromatic rings. The highest BCUT2D eigenvalue weighted by molar-refractivity contribution is 5.98. The third-order valence-electron chi connectivity index (χ3n) is 4.94. The van der Waals surface area contributed by atoms with E-state index in [9.17, 15) is 9.18 Å². The molecule has 0 spiro atoms. The smallest absolute Gasteiger partial charge is 0.273 e. The van der Waals surface area contributed by atoms with Gasteiger partial charge in [0.15, 0.2) is 11.5 Å². The molecule has 0 saturated heterocycles. The highest BCUT2D eigenvalue weighted by Gasteiger charge is 2.11. The molecule has 6 nitrogen and oxygen atoms in total. The molecule has 0 aliphatic rings. The second kappa shape index (κ2) is 10.3. The van der Waals surface area contributed by atoms with Gasteiger partial charge in [-0.05, 0) is 54.1 Å². The number of amides is 1. The summed E-state index contributed by atoms with van der Waals surface area (Å²) in [4.78, 5) is 12.7. The Morgan fingerprint density at radius 3 is 2.55 bits per heavy atom. The molecule has 0 fully saturated rings. The number of nitrogens with zero attached hydrogens (tertiary/aromatic N) is 2. The molecule has 1 aromatic heterocycles. The maximum atomic E-state index is 13.8. The molecule has 166 valence electrons. The molecule has 1 amide bonds. The lowest BCUT2D eigenvalue weighted by atomic mass is 10.1. The molecule has 0 aliphatic heterocycles. The Bertz CT molecular complexity index is 1270. The van der Waals surface area contributed by atoms with Crippen molar-refractivity contribution in [3.05, 3.63) is 114 Å². The van der Waals surface area contributed by atoms with Crippen molar-refractivity contribution in [1.29, 1.82) is 0 Å². The van der Waals surface area contributed by atoms with Crippen LogP contribution < -0.4 is 14.9 Å². The van der Waals surface area contributed by atoms with E-state index in [0.29, 0.717) is 28.2 Å². The quantitative estimate of drug-likeness (QED) is 0.309. The van der Waals surface area contributed by atoms with Gasteiger partial charge in [0, 0.05) is 18.0 Å². The summed E-state index contributed by atoms with van der Waals surface area (Å²) < 4.78 is 26.8. The van der Waals surface area contributed by atoms with Gasteiger partial charge in [0.2, 0.25) is 0 Å². The van der Waals surface area contributed by atoms with Crippen LogP contribution in [0.1, 0.15) is 21.5 Å². The van der Waals surface area contributed by atoms with Gasteiger partial charge >= 0.3 is 0 Å². The Morgan fingerprint density at radius 1 is 1.00 bits per heavy atom. The van der Waals surface area contributed by atoms with Crippen molar-refractivity contribution in [2.24, 2.45) is 5.10 Å². The summed E-state index contributed by atoms with van der Waals surface area (Å²) in [5, 5.41) is 4.07. The lowest BCUT2D eigenvalue weighted by Gasteiger charge is -2.12. The summed E-state index contributed by atoms with van der Waals surface area (Å²) in [7, 11) is 1.52. The molecular weight excluding hydrogens is 421 g/mol. The zero-order chi connectivity index (χ0) is 23.0. The number of para-hydroxylation sites is 1. The first-order valence-corrected chi connectivity index (χ1v) is 10.3. The zero-order valence-electron chi connectivity index (χ0n) is 17.9. The van der Waals surface area contributed by atoms with Crippen LogP contribution in [0, 0.1) is 5.82 Å². The number of methoxy groups -OCH3 is 1. The average molecular weight is 443 g/mol. The van der Waals surface area contributed by atoms with E-state index in [1.54, 1.807) is 48.5 Å². The van der Waals surface area contributed by atoms with E-state index < -0.39 is 0 Å². The molecule has 0 bridgehead atoms. The van der Waals surface area contributed by atoms with Crippen molar-refractivity contribution in [3.63, 3.8) is 0 Å². The predicted molar refractivity (Wildman–Crippen MR) is 125 cm³/mol. The van der Waals surface area contributed by atoms with Gasteiger partial charge in [-0.15, -0.1) is 0 Å². The lowest BCUT2D eigenvalue weighted by molar-refractivity contribution is 0.0955. The third-order valence-corrected chi connectivity index (χ3v) is 4.94. The van der Waals surface area contributed by atoms with Crippen molar-refractivity contribution in [2.75, 3.05) is 7.11 Å². The van der Waals surface area contributed by atoms with E-state index in [2.05, 4.69) is 10.5 Å². The SMILES string of the molecule is COc1cc(/C=N/NC(=O)c2ccccc2-n2cccc2)ccc1OCc1ccccc1F. The average Bonchev–Trinajstić information content (AvgIpc) is 3.39. The van der Waals surface area contributed by atoms with Gasteiger partial charge in [-0.2, -0.15) is 5.10 Å². The van der Waals surface area contributed by atoms with Crippen LogP contribution in [-0.2, 0) is 6.61 Å². The predicted octanol–water partition coefficient (Wildman–Crippen LogP) is 4.97. The number of hydrazone groups is 1. The fourth-order valence-electron chi connectivity index (χ4n) is 3.27. The molecule has 1 heterocycles. The highest BCUT2D eigenvalue weighted by Crippen LogP contribution is 2.28. The topological polar surface area (TPSA) is 64.8 Å². The Hall–Kier alpha value is -4.39. The lowest BCUT2D eigenvalue weighted by Crippen LogP contribution is -2.19. The zero-order valence-corrected chi connectivity index (χ0v) is 17.9. The largest absolute Gasteiger partial charge is 0.493 e. The summed E-state index contributed by atoms with van der Waals surface area (Å²) in [5.41, 5.74) is 4.97. The number of rotatable bonds is 8. The normalized spacial score (nSPS) is 10.8. The fourth-order valence-corrected chi connectivity index (χ4v) is 3.27. The Morgan fingerprint density at radius 2 is 1.76 bits per heavy atom. The van der Waals surface area contributed by atoms with Crippen LogP contribution in [0.25, 0.3) is 5.69 Å². The van der Waals surface area contributed by atoms with E-state index in [4.69, 9.17) is 9.47 Å². The van der Waals surface area contributed by atoms with Crippen LogP contribution >= 0.6 is 0 Å². The van der Waals surface area contributed by atoms with E-state index in [1.807, 2.05) is 41.2 Å². The number of ether oxygens (including phenoxy) is 2. The number of halogens is 1. The first-order valence-electron chi connectivity index (χ1n) is 10.3. The number of benzene rings is 3. The molecule has 7 heteroatoms. The van der Waals surface area contributed by atoms with Crippen LogP contribution in [0.4, 0.5) is 4.39 Å². The van der Waals surface area contributed by atoms with E-state index in [1.165, 1.54) is 19.4 Å². The molecule has 0 saturated carbocycles. The third kappa shape index (κ3) is 5.27. The molecule has 33 heavy (non-hydrogen) atoms. The van der Waals surface area contributed by atoms with Gasteiger partial charge < -0.3 is 14.0 Å². The van der Waals surface area contributed by atoms with Gasteiger partial charge in [0.25, 0.3) is 5.91 Å². The van der Waals surface area contributed by atoms with E-state index >= 15 is 0 Å². The standard InChI is InChI=1S/C26H22FN3O3/c1-32-25-16-19(12-13-24(25)33-18-20-8-2-4-10-22(20)27)17-28-29-26(31)21-9-3-5-11-23(21)30-14-6-7-15-30/h2-17H,18H2,1H3,(H,29,31)/b28-17+. The van der Waals surface area contributed by atoms with Gasteiger partial charge in [-0.25, -0.2) is 9.82 Å². The Kier molecular flexibility index (Phi) is 6.80. The number of hydrogen-bond donors (Lipinski definition) is 1. The van der Waals surface area contributed by atoms with Crippen LogP contribution in [-0.4, -0.2) is 23.8 Å². The minimum Gasteiger partial charge on any atom is -0.493 e. The molecule has 0 radical (unpaired) electrons. The minimum absolute atomic E-state index is 0.0767. The summed E-state index contributed by atoms with van der Waals surface area (Å²) in [6.07, 6.45) is 5.26. The first kappa shape index (κ1) is 21.8. The second-order valence-electron chi connectivity index (χ2n) is 7.10. The number of hydrogen-bond acceptors (Lipinski definition) is 4. The molecule has 0 aliphatic carbocycles. The molecule has 0 atom stereocenters. The van der Waals surface area contributed by atoms with Crippen LogP contribution in [0.2, 0.25) is 0 Å². The number of carbonyl (C=O) groups excluding carboxylic acids is 1. The summed E-state index contributed by atoms with van der Waals surface area (Å²) in [6.45, 7) is 0.0767. The fraction of sp³-hybridized carbons (Fsp3) is 0.0769. The summed E-state index contributed by atoms with van der Waals surface area (Å²) in [5.74, 6) is 0.295. The van der Waals surface area contributed by atoms with Crippen LogP contribution in [0.5, 0.6) is 11.5 Å². The van der Waals surface area contributed by atoms with Crippen molar-refractivity contribution in [3.8, 4) is 17.2 Å². The number of aromatic nitrogens is 1. The molecule has 4 rings (SSSR count). The molecule has 1 N–H and O–H groups in total. The van der Waals surface area contributed by atoms with Gasteiger partial charge in [-0.3, -0.25) is 4.79 Å². The molecule has 3 aromatic carbocycles. The van der Waals surface area contributed by atoms with Gasteiger partial charge in [0.05, 0.1) is 24.6 Å². The monoisotopic (exact) mass is 443 g/mol. The van der Waals surface area contributed by atoms with Crippen molar-refractivity contribution in [1.82, 2.24) is 9.99 Å². The second-order valence-corrected chi connectivity index (χ2v) is 7.10. The first-order chi connectivity index (χ1) is 16.2. The molecule has 0 unspecified atom stereocenters. The van der Waals surface area contributed by atoms with Crippen molar-refractivity contribution in [2.45, 2.75) is 6.61 Å². The number of carbonyl (C=O) groups is 1. The van der Waals surface area contributed by atoms with Crippen LogP contribution in [0.3, 0.4) is 0 Å². The highest BCUT2D eigenvalue weighted by atomic mass is 19.1. The Balaban J connectivity index is 1.43. The minimum atomic E-state index is -0.327.